The van der Waals surface area contributed by atoms with Crippen LogP contribution in [-0.2, 0) is 0 Å². The zero-order valence-corrected chi connectivity index (χ0v) is 33.3. The predicted molar refractivity (Wildman–Crippen MR) is 215 cm³/mol. The highest BCUT2D eigenvalue weighted by Crippen LogP contribution is 2.30. The van der Waals surface area contributed by atoms with Gasteiger partial charge in [-0.25, -0.2) is 19.1 Å². The molecular formula is C38H52N12O8. The van der Waals surface area contributed by atoms with Crippen molar-refractivity contribution in [1.82, 2.24) is 49.0 Å². The third-order valence-corrected chi connectivity index (χ3v) is 8.35. The summed E-state index contributed by atoms with van der Waals surface area (Å²) in [5.41, 5.74) is 15.3. The minimum absolute atomic E-state index is 0.151. The second-order valence-electron chi connectivity index (χ2n) is 12.7. The standard InChI is InChI=1S/2C19H26N6O4/c2*1-3-4-10-29-18-23-16(20)15-17(24-18)25(19(22-15)27-2)13-7-8-14(21-12-13)28-11-6-5-9-26/h2*7-8,12,26H,3-6,9-11H2,1-2H3,(H2,20,23,24). The Morgan fingerprint density at radius 2 is 0.948 bits per heavy atom. The molecule has 0 aliphatic carbocycles. The van der Waals surface area contributed by atoms with Crippen molar-refractivity contribution in [2.45, 2.75) is 65.2 Å². The normalized spacial score (nSPS) is 11.0. The van der Waals surface area contributed by atoms with Crippen LogP contribution in [-0.4, -0.2) is 113 Å². The van der Waals surface area contributed by atoms with Crippen molar-refractivity contribution in [3.63, 3.8) is 0 Å². The summed E-state index contributed by atoms with van der Waals surface area (Å²) in [6, 6.07) is 8.18. The van der Waals surface area contributed by atoms with E-state index in [2.05, 4.69) is 53.7 Å². The highest BCUT2D eigenvalue weighted by Gasteiger charge is 2.21. The van der Waals surface area contributed by atoms with Gasteiger partial charge in [-0.1, -0.05) is 26.7 Å². The molecule has 6 heterocycles. The van der Waals surface area contributed by atoms with E-state index in [-0.39, 0.29) is 36.9 Å². The number of nitrogens with two attached hydrogens (primary N) is 2. The zero-order valence-electron chi connectivity index (χ0n) is 33.3. The van der Waals surface area contributed by atoms with E-state index in [1.165, 1.54) is 14.2 Å². The Kier molecular flexibility index (Phi) is 16.2. The molecule has 0 fully saturated rings. The lowest BCUT2D eigenvalue weighted by molar-refractivity contribution is 0.249. The summed E-state index contributed by atoms with van der Waals surface area (Å²) in [7, 11) is 3.04. The third kappa shape index (κ3) is 11.0. The maximum Gasteiger partial charge on any atom is 0.320 e. The number of fused-ring (bicyclic) bond motifs is 2. The van der Waals surface area contributed by atoms with Crippen LogP contribution in [0.4, 0.5) is 11.6 Å². The van der Waals surface area contributed by atoms with Gasteiger partial charge < -0.3 is 50.1 Å². The number of aliphatic hydroxyl groups excluding tert-OH is 2. The van der Waals surface area contributed by atoms with E-state index in [1.807, 2.05) is 12.1 Å². The SMILES string of the molecule is CCCCOc1nc(N)c2nc(OC)n(-c3ccc(OCCCCO)nc3)c2n1.CCCCOc1nc(N)c2nc(OC)n(-c3ccc(OCCCCO)nc3)c2n1. The monoisotopic (exact) mass is 804 g/mol. The molecule has 0 atom stereocenters. The molecule has 0 spiro atoms. The lowest BCUT2D eigenvalue weighted by atomic mass is 10.3. The number of hydrogen-bond donors (Lipinski definition) is 4. The average molecular weight is 805 g/mol. The van der Waals surface area contributed by atoms with E-state index in [9.17, 15) is 0 Å². The van der Waals surface area contributed by atoms with Gasteiger partial charge in [0, 0.05) is 25.3 Å². The fourth-order valence-corrected chi connectivity index (χ4v) is 5.32. The van der Waals surface area contributed by atoms with Gasteiger partial charge >= 0.3 is 24.0 Å². The second-order valence-corrected chi connectivity index (χ2v) is 12.7. The molecule has 0 aromatic carbocycles. The summed E-state index contributed by atoms with van der Waals surface area (Å²) in [6.07, 6.45) is 9.99. The van der Waals surface area contributed by atoms with E-state index in [4.69, 9.17) is 50.1 Å². The number of methoxy groups -OCH3 is 2. The molecule has 6 N–H and O–H groups in total. The number of rotatable bonds is 22. The topological polar surface area (TPSA) is 261 Å². The lowest BCUT2D eigenvalue weighted by Crippen LogP contribution is -2.06. The smallest absolute Gasteiger partial charge is 0.320 e. The van der Waals surface area contributed by atoms with E-state index in [0.29, 0.717) is 96.8 Å². The maximum atomic E-state index is 8.82. The van der Waals surface area contributed by atoms with Crippen molar-refractivity contribution in [1.29, 1.82) is 0 Å². The Morgan fingerprint density at radius 3 is 1.29 bits per heavy atom. The molecular weight excluding hydrogens is 752 g/mol. The molecule has 58 heavy (non-hydrogen) atoms. The summed E-state index contributed by atoms with van der Waals surface area (Å²) in [5, 5.41) is 17.6. The molecule has 6 rings (SSSR count). The first-order valence-electron chi connectivity index (χ1n) is 19.2. The van der Waals surface area contributed by atoms with Crippen LogP contribution >= 0.6 is 0 Å². The minimum Gasteiger partial charge on any atom is -0.478 e. The molecule has 0 bridgehead atoms. The highest BCUT2D eigenvalue weighted by molar-refractivity contribution is 5.85. The summed E-state index contributed by atoms with van der Waals surface area (Å²) in [6.45, 7) is 6.46. The van der Waals surface area contributed by atoms with Gasteiger partial charge in [-0.2, -0.15) is 29.9 Å². The number of aliphatic hydroxyl groups is 2. The van der Waals surface area contributed by atoms with Crippen LogP contribution in [0.25, 0.3) is 33.7 Å². The Morgan fingerprint density at radius 1 is 0.534 bits per heavy atom. The number of unbranched alkanes of at least 4 members (excludes halogenated alkanes) is 4. The predicted octanol–water partition coefficient (Wildman–Crippen LogP) is 4.26. The maximum absolute atomic E-state index is 8.82. The molecule has 0 aliphatic rings. The Labute approximate surface area is 335 Å². The van der Waals surface area contributed by atoms with Gasteiger partial charge in [-0.15, -0.1) is 0 Å². The van der Waals surface area contributed by atoms with Gasteiger partial charge in [0.05, 0.1) is 64.4 Å². The van der Waals surface area contributed by atoms with Gasteiger partial charge in [0.1, 0.15) is 0 Å². The number of anilines is 2. The first-order chi connectivity index (χ1) is 28.3. The molecule has 312 valence electrons. The minimum atomic E-state index is 0.151. The van der Waals surface area contributed by atoms with Gasteiger partial charge in [-0.3, -0.25) is 0 Å². The summed E-state index contributed by atoms with van der Waals surface area (Å²) >= 11 is 0. The van der Waals surface area contributed by atoms with Crippen molar-refractivity contribution in [2.75, 3.05) is 65.3 Å². The second kappa shape index (κ2) is 21.9. The Balaban J connectivity index is 0.000000221. The Hall–Kier alpha value is -6.28. The summed E-state index contributed by atoms with van der Waals surface area (Å²) in [4.78, 5) is 34.7. The van der Waals surface area contributed by atoms with Crippen LogP contribution in [0.5, 0.6) is 35.8 Å². The summed E-state index contributed by atoms with van der Waals surface area (Å²) in [5.74, 6) is 1.42. The quantitative estimate of drug-likeness (QED) is 0.0699. The third-order valence-electron chi connectivity index (χ3n) is 8.35. The number of ether oxygens (including phenoxy) is 6. The zero-order chi connectivity index (χ0) is 41.3. The van der Waals surface area contributed by atoms with Crippen molar-refractivity contribution < 1.29 is 38.6 Å². The van der Waals surface area contributed by atoms with E-state index in [1.54, 1.807) is 33.7 Å². The van der Waals surface area contributed by atoms with Gasteiger partial charge in [-0.05, 0) is 50.7 Å². The molecule has 0 radical (unpaired) electrons. The highest BCUT2D eigenvalue weighted by atomic mass is 16.5. The van der Waals surface area contributed by atoms with Crippen LogP contribution in [0, 0.1) is 0 Å². The first kappa shape index (κ1) is 42.9. The molecule has 0 saturated heterocycles. The van der Waals surface area contributed by atoms with E-state index >= 15 is 0 Å². The number of hydrogen-bond acceptors (Lipinski definition) is 18. The fraction of sp³-hybridized carbons (Fsp3) is 0.474. The van der Waals surface area contributed by atoms with Crippen LogP contribution in [0.15, 0.2) is 36.7 Å². The van der Waals surface area contributed by atoms with Gasteiger partial charge in [0.2, 0.25) is 11.8 Å². The first-order valence-corrected chi connectivity index (χ1v) is 19.2. The summed E-state index contributed by atoms with van der Waals surface area (Å²) < 4.78 is 36.6. The van der Waals surface area contributed by atoms with Crippen LogP contribution in [0.1, 0.15) is 65.2 Å². The van der Waals surface area contributed by atoms with Crippen molar-refractivity contribution in [3.05, 3.63) is 36.7 Å². The van der Waals surface area contributed by atoms with Crippen LogP contribution < -0.4 is 39.9 Å². The lowest BCUT2D eigenvalue weighted by Gasteiger charge is -2.09. The molecule has 0 unspecified atom stereocenters. The molecule has 6 aromatic rings. The van der Waals surface area contributed by atoms with Crippen molar-refractivity contribution in [3.8, 4) is 47.2 Å². The van der Waals surface area contributed by atoms with Gasteiger partial charge in [0.15, 0.2) is 34.0 Å². The number of pyridine rings is 2. The van der Waals surface area contributed by atoms with Crippen LogP contribution in [0.2, 0.25) is 0 Å². The molecule has 20 nitrogen and oxygen atoms in total. The van der Waals surface area contributed by atoms with Crippen LogP contribution in [0.3, 0.4) is 0 Å². The Bertz CT molecular complexity index is 2010. The number of nitrogens with zero attached hydrogens (tertiary/aromatic N) is 10. The van der Waals surface area contributed by atoms with Crippen molar-refractivity contribution in [2.24, 2.45) is 0 Å². The number of imidazole rings is 2. The van der Waals surface area contributed by atoms with E-state index < -0.39 is 0 Å². The average Bonchev–Trinajstić information content (AvgIpc) is 3.81. The fourth-order valence-electron chi connectivity index (χ4n) is 5.32. The largest absolute Gasteiger partial charge is 0.478 e. The number of nitrogen functional groups attached to an aromatic ring is 2. The molecule has 6 aromatic heterocycles. The molecule has 0 saturated carbocycles. The molecule has 0 amide bonds. The molecule has 0 aliphatic heterocycles. The van der Waals surface area contributed by atoms with Crippen molar-refractivity contribution >= 4 is 34.0 Å². The number of aromatic nitrogens is 10. The van der Waals surface area contributed by atoms with E-state index in [0.717, 1.165) is 38.5 Å². The van der Waals surface area contributed by atoms with Gasteiger partial charge in [0.25, 0.3) is 0 Å². The molecule has 20 heteroatoms.